The number of nitrogens with two attached hydrogens (primary N) is 1. The number of hydrogen-bond acceptors (Lipinski definition) is 5. The average molecular weight is 315 g/mol. The molecule has 1 aromatic carbocycles. The van der Waals surface area contributed by atoms with Gasteiger partial charge in [-0.25, -0.2) is 9.97 Å². The molecule has 0 unspecified atom stereocenters. The van der Waals surface area contributed by atoms with E-state index in [0.29, 0.717) is 5.69 Å². The summed E-state index contributed by atoms with van der Waals surface area (Å²) in [5.41, 5.74) is 1.82. The van der Waals surface area contributed by atoms with Crippen molar-refractivity contribution < 1.29 is 18.3 Å². The predicted octanol–water partition coefficient (Wildman–Crippen LogP) is 2.49. The van der Waals surface area contributed by atoms with Gasteiger partial charge >= 0.3 is 5.57 Å². The van der Waals surface area contributed by atoms with Crippen molar-refractivity contribution in [3.8, 4) is 5.75 Å². The number of carbonyl (C=O) groups is 1. The lowest BCUT2D eigenvalue weighted by Crippen LogP contribution is -2.16. The van der Waals surface area contributed by atoms with Crippen molar-refractivity contribution in [1.29, 1.82) is 0 Å². The van der Waals surface area contributed by atoms with Crippen LogP contribution in [0, 0.1) is 0 Å². The Bertz CT molecular complexity index is 646. The molecule has 110 valence electrons. The van der Waals surface area contributed by atoms with Gasteiger partial charge in [0.1, 0.15) is 5.75 Å². The van der Waals surface area contributed by atoms with E-state index in [1.54, 1.807) is 0 Å². The SMILES string of the molecule is NC(=O)c1nccnc1Nc1ccc(OC(F)(F)Cl)cc1. The standard InChI is InChI=1S/C12H9ClF2N4O2/c13-12(14,15)21-8-3-1-7(2-4-8)19-11-9(10(16)20)17-5-6-18-11/h1-6H,(H2,16,20)(H,18,19). The molecule has 1 amide bonds. The highest BCUT2D eigenvalue weighted by Crippen LogP contribution is 2.26. The van der Waals surface area contributed by atoms with Crippen LogP contribution in [0.25, 0.3) is 0 Å². The molecule has 1 aromatic heterocycles. The number of halogens is 3. The van der Waals surface area contributed by atoms with Crippen LogP contribution in [0.5, 0.6) is 5.75 Å². The first kappa shape index (κ1) is 14.9. The quantitative estimate of drug-likeness (QED) is 0.827. The highest BCUT2D eigenvalue weighted by molar-refractivity contribution is 6.20. The van der Waals surface area contributed by atoms with Gasteiger partial charge in [-0.1, -0.05) is 0 Å². The summed E-state index contributed by atoms with van der Waals surface area (Å²) in [6, 6.07) is 5.44. The molecule has 0 radical (unpaired) electrons. The van der Waals surface area contributed by atoms with Crippen LogP contribution in [0.2, 0.25) is 0 Å². The Morgan fingerprint density at radius 2 is 1.86 bits per heavy atom. The van der Waals surface area contributed by atoms with Crippen molar-refractivity contribution in [2.75, 3.05) is 5.32 Å². The van der Waals surface area contributed by atoms with E-state index in [0.717, 1.165) is 0 Å². The molecule has 21 heavy (non-hydrogen) atoms. The third-order valence-corrected chi connectivity index (χ3v) is 2.36. The Morgan fingerprint density at radius 1 is 1.24 bits per heavy atom. The van der Waals surface area contributed by atoms with E-state index in [-0.39, 0.29) is 17.3 Å². The monoisotopic (exact) mass is 314 g/mol. The molecule has 0 saturated carbocycles. The number of amides is 1. The number of primary amides is 1. The summed E-state index contributed by atoms with van der Waals surface area (Å²) in [4.78, 5) is 18.9. The molecular weight excluding hydrogens is 306 g/mol. The fraction of sp³-hybridized carbons (Fsp3) is 0.0833. The van der Waals surface area contributed by atoms with E-state index in [1.807, 2.05) is 0 Å². The van der Waals surface area contributed by atoms with Gasteiger partial charge in [-0.05, 0) is 24.3 Å². The molecule has 9 heteroatoms. The number of alkyl halides is 3. The Labute approximate surface area is 122 Å². The van der Waals surface area contributed by atoms with Gasteiger partial charge in [-0.2, -0.15) is 0 Å². The molecule has 6 nitrogen and oxygen atoms in total. The Hall–Kier alpha value is -2.48. The van der Waals surface area contributed by atoms with Crippen molar-refractivity contribution >= 4 is 29.0 Å². The Kier molecular flexibility index (Phi) is 4.18. The van der Waals surface area contributed by atoms with Crippen molar-refractivity contribution in [2.24, 2.45) is 5.73 Å². The van der Waals surface area contributed by atoms with Gasteiger partial charge in [0.05, 0.1) is 0 Å². The van der Waals surface area contributed by atoms with E-state index < -0.39 is 11.5 Å². The number of ether oxygens (including phenoxy) is 1. The van der Waals surface area contributed by atoms with Gasteiger partial charge in [0.25, 0.3) is 5.91 Å². The molecule has 0 spiro atoms. The summed E-state index contributed by atoms with van der Waals surface area (Å²) < 4.78 is 29.1. The summed E-state index contributed by atoms with van der Waals surface area (Å²) in [6.07, 6.45) is 2.70. The molecule has 0 fully saturated rings. The van der Waals surface area contributed by atoms with Gasteiger partial charge in [-0.3, -0.25) is 4.79 Å². The van der Waals surface area contributed by atoms with Crippen molar-refractivity contribution in [3.05, 3.63) is 42.4 Å². The first-order valence-electron chi connectivity index (χ1n) is 5.59. The molecule has 2 rings (SSSR count). The molecule has 2 aromatic rings. The minimum absolute atomic E-state index is 0.0369. The fourth-order valence-corrected chi connectivity index (χ4v) is 1.58. The normalized spacial score (nSPS) is 11.0. The van der Waals surface area contributed by atoms with E-state index in [1.165, 1.54) is 36.7 Å². The lowest BCUT2D eigenvalue weighted by molar-refractivity contribution is -0.0964. The number of benzene rings is 1. The zero-order valence-corrected chi connectivity index (χ0v) is 11.1. The second-order valence-electron chi connectivity index (χ2n) is 3.81. The maximum atomic E-state index is 12.5. The van der Waals surface area contributed by atoms with Crippen LogP contribution >= 0.6 is 11.6 Å². The Morgan fingerprint density at radius 3 is 2.43 bits per heavy atom. The van der Waals surface area contributed by atoms with Gasteiger partial charge < -0.3 is 15.8 Å². The van der Waals surface area contributed by atoms with Gasteiger partial charge in [-0.15, -0.1) is 8.78 Å². The van der Waals surface area contributed by atoms with E-state index >= 15 is 0 Å². The smallest absolute Gasteiger partial charge is 0.420 e. The van der Waals surface area contributed by atoms with Gasteiger partial charge in [0, 0.05) is 29.7 Å². The third kappa shape index (κ3) is 4.25. The maximum absolute atomic E-state index is 12.5. The van der Waals surface area contributed by atoms with Crippen LogP contribution in [0.1, 0.15) is 10.5 Å². The van der Waals surface area contributed by atoms with Crippen molar-refractivity contribution in [1.82, 2.24) is 9.97 Å². The fourth-order valence-electron chi connectivity index (χ4n) is 1.49. The molecule has 0 bridgehead atoms. The Balaban J connectivity index is 2.16. The maximum Gasteiger partial charge on any atom is 0.487 e. The highest BCUT2D eigenvalue weighted by Gasteiger charge is 2.27. The molecule has 0 aliphatic rings. The number of aromatic nitrogens is 2. The van der Waals surface area contributed by atoms with E-state index in [2.05, 4.69) is 31.6 Å². The first-order chi connectivity index (χ1) is 9.85. The minimum Gasteiger partial charge on any atom is -0.420 e. The zero-order valence-electron chi connectivity index (χ0n) is 10.4. The molecule has 0 atom stereocenters. The first-order valence-corrected chi connectivity index (χ1v) is 5.96. The minimum atomic E-state index is -3.78. The average Bonchev–Trinajstić information content (AvgIpc) is 2.40. The number of hydrogen-bond donors (Lipinski definition) is 2. The third-order valence-electron chi connectivity index (χ3n) is 2.28. The number of rotatable bonds is 5. The van der Waals surface area contributed by atoms with Gasteiger partial charge in [0.2, 0.25) is 0 Å². The summed E-state index contributed by atoms with van der Waals surface area (Å²) in [5, 5.41) is 2.79. The van der Waals surface area contributed by atoms with Crippen LogP contribution < -0.4 is 15.8 Å². The summed E-state index contributed by atoms with van der Waals surface area (Å²) in [5.74, 6) is -0.705. The second-order valence-corrected chi connectivity index (χ2v) is 4.26. The van der Waals surface area contributed by atoms with Crippen LogP contribution in [-0.2, 0) is 0 Å². The highest BCUT2D eigenvalue weighted by atomic mass is 35.5. The summed E-state index contributed by atoms with van der Waals surface area (Å²) >= 11 is 4.65. The lowest BCUT2D eigenvalue weighted by atomic mass is 10.3. The van der Waals surface area contributed by atoms with Crippen LogP contribution in [0.4, 0.5) is 20.3 Å². The number of anilines is 2. The van der Waals surface area contributed by atoms with Crippen LogP contribution in [0.3, 0.4) is 0 Å². The van der Waals surface area contributed by atoms with E-state index in [4.69, 9.17) is 5.73 Å². The molecule has 0 saturated heterocycles. The number of nitrogens with zero attached hydrogens (tertiary/aromatic N) is 2. The van der Waals surface area contributed by atoms with Crippen LogP contribution in [-0.4, -0.2) is 21.4 Å². The molecular formula is C12H9ClF2N4O2. The molecule has 3 N–H and O–H groups in total. The largest absolute Gasteiger partial charge is 0.487 e. The molecule has 0 aliphatic heterocycles. The number of carbonyl (C=O) groups excluding carboxylic acids is 1. The zero-order chi connectivity index (χ0) is 15.5. The summed E-state index contributed by atoms with van der Waals surface area (Å²) in [7, 11) is 0. The molecule has 0 aliphatic carbocycles. The van der Waals surface area contributed by atoms with E-state index in [9.17, 15) is 13.6 Å². The lowest BCUT2D eigenvalue weighted by Gasteiger charge is -2.11. The number of nitrogens with one attached hydrogen (secondary N) is 1. The molecule has 1 heterocycles. The van der Waals surface area contributed by atoms with Crippen molar-refractivity contribution in [2.45, 2.75) is 5.57 Å². The summed E-state index contributed by atoms with van der Waals surface area (Å²) in [6.45, 7) is 0. The van der Waals surface area contributed by atoms with Gasteiger partial charge in [0.15, 0.2) is 11.5 Å². The topological polar surface area (TPSA) is 90.1 Å². The predicted molar refractivity (Wildman–Crippen MR) is 71.7 cm³/mol. The van der Waals surface area contributed by atoms with Crippen molar-refractivity contribution in [3.63, 3.8) is 0 Å². The second kappa shape index (κ2) is 5.88. The van der Waals surface area contributed by atoms with Crippen LogP contribution in [0.15, 0.2) is 36.7 Å².